The van der Waals surface area contributed by atoms with Crippen LogP contribution in [0.4, 0.5) is 5.13 Å². The molecule has 0 aliphatic rings. The van der Waals surface area contributed by atoms with E-state index in [1.54, 1.807) is 30.3 Å². The third-order valence-electron chi connectivity index (χ3n) is 4.28. The lowest BCUT2D eigenvalue weighted by atomic mass is 10.4. The maximum atomic E-state index is 13.0. The molecule has 27 heavy (non-hydrogen) atoms. The molecule has 2 N–H and O–H groups in total. The molecule has 1 heterocycles. The lowest BCUT2D eigenvalue weighted by Gasteiger charge is -2.24. The number of nitrogens with zero attached hydrogens (tertiary/aromatic N) is 2. The minimum absolute atomic E-state index is 0.192. The van der Waals surface area contributed by atoms with Gasteiger partial charge in [0.05, 0.1) is 43.3 Å². The van der Waals surface area contributed by atoms with Gasteiger partial charge in [0, 0.05) is 5.38 Å². The highest BCUT2D eigenvalue weighted by Gasteiger charge is 2.27. The van der Waals surface area contributed by atoms with Gasteiger partial charge in [-0.25, -0.2) is 13.4 Å². The Morgan fingerprint density at radius 3 is 2.44 bits per heavy atom. The highest BCUT2D eigenvalue weighted by molar-refractivity contribution is 7.89. The van der Waals surface area contributed by atoms with Crippen LogP contribution in [0, 0.1) is 6.92 Å². The first-order valence-corrected chi connectivity index (χ1v) is 11.3. The van der Waals surface area contributed by atoms with Crippen molar-refractivity contribution in [3.8, 4) is 0 Å². The number of anilines is 1. The Labute approximate surface area is 165 Å². The number of sulfonamides is 1. The number of hydrogen-bond acceptors (Lipinski definition) is 5. The van der Waals surface area contributed by atoms with Gasteiger partial charge in [-0.1, -0.05) is 18.2 Å². The van der Waals surface area contributed by atoms with E-state index in [2.05, 4.69) is 24.1 Å². The van der Waals surface area contributed by atoms with Gasteiger partial charge in [-0.2, -0.15) is 4.31 Å². The van der Waals surface area contributed by atoms with E-state index in [9.17, 15) is 13.2 Å². The summed E-state index contributed by atoms with van der Waals surface area (Å²) in [6, 6.07) is 8.22. The number of aromatic nitrogens is 1. The Bertz CT molecular complexity index is 833. The fourth-order valence-electron chi connectivity index (χ4n) is 2.64. The van der Waals surface area contributed by atoms with E-state index < -0.39 is 15.9 Å². The molecule has 7 nitrogen and oxygen atoms in total. The predicted molar refractivity (Wildman–Crippen MR) is 108 cm³/mol. The van der Waals surface area contributed by atoms with Crippen LogP contribution in [0.2, 0.25) is 0 Å². The van der Waals surface area contributed by atoms with Crippen molar-refractivity contribution in [2.45, 2.75) is 25.7 Å². The van der Waals surface area contributed by atoms with Crippen LogP contribution in [0.1, 0.15) is 19.5 Å². The van der Waals surface area contributed by atoms with Crippen LogP contribution in [0.15, 0.2) is 40.6 Å². The lowest BCUT2D eigenvalue weighted by Crippen LogP contribution is -3.12. The van der Waals surface area contributed by atoms with E-state index >= 15 is 0 Å². The summed E-state index contributed by atoms with van der Waals surface area (Å²) >= 11 is 1.32. The minimum atomic E-state index is -3.75. The summed E-state index contributed by atoms with van der Waals surface area (Å²) in [5.74, 6) is -0.390. The maximum absolute atomic E-state index is 13.0. The highest BCUT2D eigenvalue weighted by Crippen LogP contribution is 2.17. The lowest BCUT2D eigenvalue weighted by molar-refractivity contribution is -0.895. The van der Waals surface area contributed by atoms with Gasteiger partial charge >= 0.3 is 0 Å². The summed E-state index contributed by atoms with van der Waals surface area (Å²) in [5.41, 5.74) is 0.814. The molecule has 2 aromatic rings. The van der Waals surface area contributed by atoms with Crippen LogP contribution in [-0.2, 0) is 14.8 Å². The largest absolute Gasteiger partial charge is 0.334 e. The summed E-state index contributed by atoms with van der Waals surface area (Å²) in [4.78, 5) is 18.1. The molecular formula is C18H27N4O3S2+. The molecule has 0 saturated heterocycles. The first-order valence-electron chi connectivity index (χ1n) is 8.97. The van der Waals surface area contributed by atoms with E-state index in [4.69, 9.17) is 0 Å². The summed E-state index contributed by atoms with van der Waals surface area (Å²) in [7, 11) is -3.75. The number of carbonyl (C=O) groups excluding carboxylic acids is 1. The van der Waals surface area contributed by atoms with Gasteiger partial charge in [0.1, 0.15) is 0 Å². The number of rotatable bonds is 10. The molecule has 0 unspecified atom stereocenters. The van der Waals surface area contributed by atoms with Gasteiger partial charge in [0.15, 0.2) is 5.13 Å². The summed E-state index contributed by atoms with van der Waals surface area (Å²) in [6.07, 6.45) is 0. The molecule has 0 atom stereocenters. The number of quaternary nitrogens is 1. The summed E-state index contributed by atoms with van der Waals surface area (Å²) < 4.78 is 27.3. The number of likely N-dealkylation sites (N-methyl/N-ethyl adjacent to an activating group) is 1. The predicted octanol–water partition coefficient (Wildman–Crippen LogP) is 1.01. The molecule has 0 aliphatic heterocycles. The van der Waals surface area contributed by atoms with Crippen molar-refractivity contribution in [3.63, 3.8) is 0 Å². The van der Waals surface area contributed by atoms with E-state index in [0.29, 0.717) is 11.7 Å². The van der Waals surface area contributed by atoms with Gasteiger partial charge in [-0.3, -0.25) is 4.79 Å². The third kappa shape index (κ3) is 6.10. The highest BCUT2D eigenvalue weighted by atomic mass is 32.2. The number of amides is 1. The van der Waals surface area contributed by atoms with Gasteiger partial charge in [0.25, 0.3) is 0 Å². The van der Waals surface area contributed by atoms with E-state index in [0.717, 1.165) is 18.8 Å². The Balaban J connectivity index is 2.17. The SMILES string of the molecule is CC[NH+](CC)CCN(CC(=O)Nc1nc(C)cs1)S(=O)(=O)c1ccccc1. The standard InChI is InChI=1S/C18H26N4O3S2/c1-4-21(5-2)11-12-22(27(24,25)16-9-7-6-8-10-16)13-17(23)20-18-19-15(3)14-26-18/h6-10,14H,4-5,11-13H2,1-3H3,(H,19,20,23)/p+1. The van der Waals surface area contributed by atoms with Gasteiger partial charge in [0.2, 0.25) is 15.9 Å². The monoisotopic (exact) mass is 411 g/mol. The van der Waals surface area contributed by atoms with Gasteiger partial charge < -0.3 is 10.2 Å². The number of benzene rings is 1. The molecule has 0 saturated carbocycles. The van der Waals surface area contributed by atoms with Crippen molar-refractivity contribution in [2.24, 2.45) is 0 Å². The van der Waals surface area contributed by atoms with Crippen molar-refractivity contribution < 1.29 is 18.1 Å². The third-order valence-corrected chi connectivity index (χ3v) is 7.02. The van der Waals surface area contributed by atoms with Crippen molar-refractivity contribution in [1.82, 2.24) is 9.29 Å². The van der Waals surface area contributed by atoms with E-state index in [1.165, 1.54) is 20.5 Å². The first-order chi connectivity index (χ1) is 12.9. The van der Waals surface area contributed by atoms with Crippen LogP contribution in [0.25, 0.3) is 0 Å². The molecule has 0 radical (unpaired) electrons. The van der Waals surface area contributed by atoms with Gasteiger partial charge in [-0.05, 0) is 32.9 Å². The quantitative estimate of drug-likeness (QED) is 0.611. The normalized spacial score (nSPS) is 11.9. The van der Waals surface area contributed by atoms with Gasteiger partial charge in [-0.15, -0.1) is 11.3 Å². The molecule has 1 amide bonds. The topological polar surface area (TPSA) is 83.8 Å². The molecule has 0 fully saturated rings. The molecule has 2 rings (SSSR count). The van der Waals surface area contributed by atoms with Crippen LogP contribution >= 0.6 is 11.3 Å². The fourth-order valence-corrected chi connectivity index (χ4v) is 4.76. The second-order valence-electron chi connectivity index (χ2n) is 6.20. The summed E-state index contributed by atoms with van der Waals surface area (Å²) in [6.45, 7) is 8.45. The summed E-state index contributed by atoms with van der Waals surface area (Å²) in [5, 5.41) is 4.99. The molecule has 1 aromatic carbocycles. The van der Waals surface area contributed by atoms with Crippen LogP contribution < -0.4 is 10.2 Å². The molecule has 0 spiro atoms. The first kappa shape index (κ1) is 21.5. The molecule has 0 aliphatic carbocycles. The number of nitrogens with one attached hydrogen (secondary N) is 2. The zero-order chi connectivity index (χ0) is 19.9. The van der Waals surface area contributed by atoms with E-state index in [1.807, 2.05) is 12.3 Å². The Hall–Kier alpha value is -1.81. The molecule has 9 heteroatoms. The molecule has 0 bridgehead atoms. The van der Waals surface area contributed by atoms with Crippen molar-refractivity contribution >= 4 is 32.4 Å². The average molecular weight is 412 g/mol. The van der Waals surface area contributed by atoms with E-state index in [-0.39, 0.29) is 18.0 Å². The molecule has 1 aromatic heterocycles. The zero-order valence-corrected chi connectivity index (χ0v) is 17.6. The zero-order valence-electron chi connectivity index (χ0n) is 15.9. The number of aryl methyl sites for hydroxylation is 1. The Morgan fingerprint density at radius 2 is 1.89 bits per heavy atom. The number of thiazole rings is 1. The maximum Gasteiger partial charge on any atom is 0.243 e. The Kier molecular flexibility index (Phi) is 7.91. The second-order valence-corrected chi connectivity index (χ2v) is 9.00. The van der Waals surface area contributed by atoms with Crippen LogP contribution in [0.3, 0.4) is 0 Å². The smallest absolute Gasteiger partial charge is 0.243 e. The average Bonchev–Trinajstić information content (AvgIpc) is 3.06. The minimum Gasteiger partial charge on any atom is -0.334 e. The number of carbonyl (C=O) groups is 1. The molecule has 148 valence electrons. The van der Waals surface area contributed by atoms with Crippen LogP contribution in [-0.4, -0.2) is 56.3 Å². The fraction of sp³-hybridized carbons (Fsp3) is 0.444. The van der Waals surface area contributed by atoms with Crippen molar-refractivity contribution in [1.29, 1.82) is 0 Å². The van der Waals surface area contributed by atoms with Crippen molar-refractivity contribution in [2.75, 3.05) is 38.0 Å². The van der Waals surface area contributed by atoms with Crippen molar-refractivity contribution in [3.05, 3.63) is 41.4 Å². The van der Waals surface area contributed by atoms with Crippen LogP contribution in [0.5, 0.6) is 0 Å². The second kappa shape index (κ2) is 9.93. The number of hydrogen-bond donors (Lipinski definition) is 2. The molecular weight excluding hydrogens is 384 g/mol. The Morgan fingerprint density at radius 1 is 1.22 bits per heavy atom.